The van der Waals surface area contributed by atoms with Crippen molar-refractivity contribution < 1.29 is 4.74 Å². The molecule has 0 fully saturated rings. The lowest BCUT2D eigenvalue weighted by Crippen LogP contribution is -2.41. The number of hydrazine groups is 1. The predicted molar refractivity (Wildman–Crippen MR) is 59.4 cm³/mol. The molecule has 0 aliphatic rings. The second kappa shape index (κ2) is 7.12. The van der Waals surface area contributed by atoms with E-state index in [0.29, 0.717) is 6.61 Å². The highest BCUT2D eigenvalue weighted by atomic mass is 79.9. The number of rotatable bonds is 7. The van der Waals surface area contributed by atoms with Gasteiger partial charge in [-0.05, 0) is 13.0 Å². The summed E-state index contributed by atoms with van der Waals surface area (Å²) in [6, 6.07) is 0. The lowest BCUT2D eigenvalue weighted by molar-refractivity contribution is 0.141. The Labute approximate surface area is 88.5 Å². The van der Waals surface area contributed by atoms with Crippen molar-refractivity contribution in [2.75, 3.05) is 20.3 Å². The summed E-state index contributed by atoms with van der Waals surface area (Å²) in [6.07, 6.45) is 1.71. The van der Waals surface area contributed by atoms with E-state index in [1.807, 2.05) is 11.9 Å². The Morgan fingerprint density at radius 3 is 2.77 bits per heavy atom. The maximum Gasteiger partial charge on any atom is 0.0784 e. The molecule has 0 amide bonds. The molecule has 0 aliphatic carbocycles. The van der Waals surface area contributed by atoms with Gasteiger partial charge in [-0.25, -0.2) is 5.43 Å². The molecule has 0 aliphatic heterocycles. The minimum Gasteiger partial charge on any atom is -0.383 e. The largest absolute Gasteiger partial charge is 0.383 e. The molecule has 1 unspecified atom stereocenters. The van der Waals surface area contributed by atoms with Gasteiger partial charge in [-0.1, -0.05) is 29.1 Å². The van der Waals surface area contributed by atoms with Crippen molar-refractivity contribution in [2.45, 2.75) is 11.9 Å². The summed E-state index contributed by atoms with van der Waals surface area (Å²) in [5.74, 6) is 0. The van der Waals surface area contributed by atoms with Gasteiger partial charge < -0.3 is 9.75 Å². The van der Waals surface area contributed by atoms with Crippen molar-refractivity contribution in [2.24, 2.45) is 0 Å². The van der Waals surface area contributed by atoms with Gasteiger partial charge in [0.1, 0.15) is 0 Å². The summed E-state index contributed by atoms with van der Waals surface area (Å²) >= 11 is 3.40. The number of nitrogens with one attached hydrogen (secondary N) is 1. The Balaban J connectivity index is 4.02. The van der Waals surface area contributed by atoms with Gasteiger partial charge in [0.2, 0.25) is 0 Å². The first-order chi connectivity index (χ1) is 6.11. The molecule has 0 aromatic carbocycles. The maximum atomic E-state index is 4.98. The number of allylic oxidation sites excluding steroid dienone is 1. The minimum absolute atomic E-state index is 0.195. The summed E-state index contributed by atoms with van der Waals surface area (Å²) in [5, 5.41) is 1.90. The van der Waals surface area contributed by atoms with E-state index >= 15 is 0 Å². The highest BCUT2D eigenvalue weighted by Crippen LogP contribution is 2.02. The van der Waals surface area contributed by atoms with Gasteiger partial charge in [0.25, 0.3) is 0 Å². The van der Waals surface area contributed by atoms with Crippen LogP contribution in [0.3, 0.4) is 0 Å². The van der Waals surface area contributed by atoms with Crippen LogP contribution in [0.5, 0.6) is 0 Å². The minimum atomic E-state index is 0.195. The molecule has 0 saturated heterocycles. The molecule has 4 heteroatoms. The Morgan fingerprint density at radius 1 is 1.77 bits per heavy atom. The van der Waals surface area contributed by atoms with E-state index in [1.165, 1.54) is 0 Å². The first kappa shape index (κ1) is 12.7. The van der Waals surface area contributed by atoms with E-state index in [0.717, 1.165) is 12.2 Å². The maximum absolute atomic E-state index is 4.98. The van der Waals surface area contributed by atoms with Gasteiger partial charge in [-0.2, -0.15) is 0 Å². The molecule has 1 N–H and O–H groups in total. The van der Waals surface area contributed by atoms with Crippen LogP contribution in [-0.2, 0) is 4.74 Å². The topological polar surface area (TPSA) is 24.5 Å². The van der Waals surface area contributed by atoms with E-state index in [2.05, 4.69) is 34.5 Å². The third kappa shape index (κ3) is 5.85. The average molecular weight is 249 g/mol. The molecule has 1 atom stereocenters. The van der Waals surface area contributed by atoms with Gasteiger partial charge >= 0.3 is 0 Å². The molecule has 0 radical (unpaired) electrons. The van der Waals surface area contributed by atoms with Gasteiger partial charge in [-0.15, -0.1) is 0 Å². The van der Waals surface area contributed by atoms with Crippen LogP contribution in [0.4, 0.5) is 0 Å². The smallest absolute Gasteiger partial charge is 0.0784 e. The first-order valence-corrected chi connectivity index (χ1v) is 5.01. The lowest BCUT2D eigenvalue weighted by atomic mass is 10.4. The van der Waals surface area contributed by atoms with Crippen LogP contribution in [0.15, 0.2) is 24.9 Å². The normalized spacial score (nSPS) is 12.2. The highest BCUT2D eigenvalue weighted by Gasteiger charge is 2.06. The second-order valence-electron chi connectivity index (χ2n) is 2.59. The van der Waals surface area contributed by atoms with E-state index in [1.54, 1.807) is 13.2 Å². The van der Waals surface area contributed by atoms with Crippen molar-refractivity contribution in [1.29, 1.82) is 0 Å². The van der Waals surface area contributed by atoms with Gasteiger partial charge in [-0.3, -0.25) is 0 Å². The Hall–Kier alpha value is -0.320. The molecule has 0 aromatic heterocycles. The fraction of sp³-hybridized carbons (Fsp3) is 0.556. The van der Waals surface area contributed by atoms with Crippen LogP contribution in [0, 0.1) is 0 Å². The number of methoxy groups -OCH3 is 1. The van der Waals surface area contributed by atoms with Crippen molar-refractivity contribution in [1.82, 2.24) is 10.4 Å². The van der Waals surface area contributed by atoms with Crippen molar-refractivity contribution in [3.63, 3.8) is 0 Å². The lowest BCUT2D eigenvalue weighted by Gasteiger charge is -2.26. The van der Waals surface area contributed by atoms with Crippen LogP contribution in [-0.4, -0.2) is 30.2 Å². The van der Waals surface area contributed by atoms with Gasteiger partial charge in [0, 0.05) is 12.8 Å². The zero-order valence-electron chi connectivity index (χ0n) is 8.22. The molecule has 0 saturated carbocycles. The molecule has 3 nitrogen and oxygen atoms in total. The molecular weight excluding hydrogens is 232 g/mol. The zero-order chi connectivity index (χ0) is 10.3. The Bertz CT molecular complexity index is 171. The second-order valence-corrected chi connectivity index (χ2v) is 3.96. The van der Waals surface area contributed by atoms with Gasteiger partial charge in [0.05, 0.1) is 18.1 Å². The van der Waals surface area contributed by atoms with E-state index in [9.17, 15) is 0 Å². The summed E-state index contributed by atoms with van der Waals surface area (Å²) in [7, 11) is 1.67. The third-order valence-corrected chi connectivity index (χ3v) is 1.64. The Morgan fingerprint density at radius 2 is 2.38 bits per heavy atom. The Kier molecular flexibility index (Phi) is 6.94. The summed E-state index contributed by atoms with van der Waals surface area (Å²) in [4.78, 5) is 0.195. The number of ether oxygens (including phenoxy) is 1. The van der Waals surface area contributed by atoms with Crippen molar-refractivity contribution >= 4 is 15.9 Å². The molecule has 0 aromatic rings. The first-order valence-electron chi connectivity index (χ1n) is 4.10. The number of alkyl halides is 1. The van der Waals surface area contributed by atoms with Crippen LogP contribution < -0.4 is 5.43 Å². The van der Waals surface area contributed by atoms with Crippen LogP contribution >= 0.6 is 15.9 Å². The quantitative estimate of drug-likeness (QED) is 0.322. The zero-order valence-corrected chi connectivity index (χ0v) is 9.80. The van der Waals surface area contributed by atoms with Crippen molar-refractivity contribution in [3.05, 3.63) is 24.9 Å². The molecule has 0 heterocycles. The van der Waals surface area contributed by atoms with E-state index < -0.39 is 0 Å². The summed E-state index contributed by atoms with van der Waals surface area (Å²) in [5.41, 5.74) is 4.00. The van der Waals surface area contributed by atoms with Gasteiger partial charge in [0.15, 0.2) is 0 Å². The molecule has 0 rings (SSSR count). The molecule has 0 spiro atoms. The molecule has 76 valence electrons. The summed E-state index contributed by atoms with van der Waals surface area (Å²) < 4.78 is 4.98. The van der Waals surface area contributed by atoms with Crippen LogP contribution in [0.25, 0.3) is 0 Å². The van der Waals surface area contributed by atoms with E-state index in [-0.39, 0.29) is 4.95 Å². The van der Waals surface area contributed by atoms with Crippen LogP contribution in [0.2, 0.25) is 0 Å². The molecule has 0 bridgehead atoms. The SMILES string of the molecule is C=CC(=C)N(CCOC)NC(C)Br. The third-order valence-electron chi connectivity index (χ3n) is 1.44. The average Bonchev–Trinajstić information content (AvgIpc) is 2.10. The highest BCUT2D eigenvalue weighted by molar-refractivity contribution is 9.09. The standard InChI is InChI=1S/C9H17BrN2O/c1-5-8(2)12(6-7-13-4)11-9(3)10/h5,9,11H,1-2,6-7H2,3-4H3. The van der Waals surface area contributed by atoms with Crippen LogP contribution in [0.1, 0.15) is 6.92 Å². The fourth-order valence-corrected chi connectivity index (χ4v) is 1.05. The molecule has 13 heavy (non-hydrogen) atoms. The molecular formula is C9H17BrN2O. The van der Waals surface area contributed by atoms with Crippen molar-refractivity contribution in [3.8, 4) is 0 Å². The number of hydrogen-bond donors (Lipinski definition) is 1. The number of hydrogen-bond acceptors (Lipinski definition) is 3. The fourth-order valence-electron chi connectivity index (χ4n) is 0.799. The summed E-state index contributed by atoms with van der Waals surface area (Å²) in [6.45, 7) is 10.9. The predicted octanol–water partition coefficient (Wildman–Crippen LogP) is 1.88. The number of nitrogens with zero attached hydrogens (tertiary/aromatic N) is 1. The number of halogens is 1. The monoisotopic (exact) mass is 248 g/mol. The van der Waals surface area contributed by atoms with E-state index in [4.69, 9.17) is 4.74 Å².